The predicted molar refractivity (Wildman–Crippen MR) is 238 cm³/mol. The standard InChI is InChI=1S/C18H15P.C15H14ClNO2.C8H11NO.C7H5ClO2/c1-4-10-16(11-5-1)19(17-12-6-2-7-13-17)18-14-8-3-9-15-18;1-10-5-12(6-11(2)17-10)9-19-15-4-3-14(16)7-13(15)8-18;1-6-3-8(5-10)4-7(2)9-6;8-6-1-2-7(10)5(3-6)4-9/h1-15H;3-8H,9H2,1-2H3;3-4,10H,5H2,1-2H3;1-4,10H. The molecule has 7 nitrogen and oxygen atoms in total. The SMILES string of the molecule is Cc1cc(CO)cc(C)n1.Cc1cc(COc2ccc(Cl)cc2C=O)cc(C)n1.O=Cc1cc(Cl)ccc1O.c1ccc(P(c2ccccc2)c2ccccc2)cc1. The maximum atomic E-state index is 11.0. The van der Waals surface area contributed by atoms with Crippen LogP contribution >= 0.6 is 31.1 Å². The van der Waals surface area contributed by atoms with Gasteiger partial charge >= 0.3 is 0 Å². The Labute approximate surface area is 351 Å². The van der Waals surface area contributed by atoms with E-state index in [1.807, 2.05) is 52.0 Å². The first-order valence-corrected chi connectivity index (χ1v) is 20.3. The molecular weight excluding hydrogens is 786 g/mol. The molecular formula is C48H45Cl2N2O5P. The van der Waals surface area contributed by atoms with Crippen LogP contribution in [0.5, 0.6) is 11.5 Å². The van der Waals surface area contributed by atoms with Crippen LogP contribution in [0, 0.1) is 27.7 Å². The first-order valence-electron chi connectivity index (χ1n) is 18.2. The molecule has 2 aromatic heterocycles. The van der Waals surface area contributed by atoms with Crippen LogP contribution in [-0.4, -0.2) is 32.8 Å². The van der Waals surface area contributed by atoms with E-state index in [4.69, 9.17) is 38.2 Å². The second kappa shape index (κ2) is 23.5. The summed E-state index contributed by atoms with van der Waals surface area (Å²) in [4.78, 5) is 29.6. The Morgan fingerprint density at radius 3 is 1.34 bits per heavy atom. The van der Waals surface area contributed by atoms with Gasteiger partial charge in [-0.1, -0.05) is 114 Å². The monoisotopic (exact) mass is 830 g/mol. The molecule has 296 valence electrons. The van der Waals surface area contributed by atoms with Gasteiger partial charge in [-0.25, -0.2) is 0 Å². The fraction of sp³-hybridized carbons (Fsp3) is 0.125. The Bertz CT molecular complexity index is 2230. The number of aromatic hydroxyl groups is 1. The van der Waals surface area contributed by atoms with E-state index in [1.165, 1.54) is 34.1 Å². The number of ether oxygens (including phenoxy) is 1. The lowest BCUT2D eigenvalue weighted by atomic mass is 10.2. The topological polar surface area (TPSA) is 110 Å². The van der Waals surface area contributed by atoms with Crippen LogP contribution in [-0.2, 0) is 13.2 Å². The van der Waals surface area contributed by atoms with E-state index < -0.39 is 7.92 Å². The highest BCUT2D eigenvalue weighted by atomic mass is 35.5. The van der Waals surface area contributed by atoms with Crippen molar-refractivity contribution in [1.82, 2.24) is 9.97 Å². The number of hydrogen-bond acceptors (Lipinski definition) is 7. The summed E-state index contributed by atoms with van der Waals surface area (Å²) in [5.74, 6) is 0.492. The molecule has 7 aromatic rings. The zero-order valence-corrected chi connectivity index (χ0v) is 35.1. The lowest BCUT2D eigenvalue weighted by Gasteiger charge is -2.18. The van der Waals surface area contributed by atoms with E-state index in [1.54, 1.807) is 18.2 Å². The molecule has 0 radical (unpaired) electrons. The number of nitrogens with zero attached hydrogens (tertiary/aromatic N) is 2. The number of aldehydes is 2. The molecule has 0 saturated heterocycles. The largest absolute Gasteiger partial charge is 0.507 e. The molecule has 0 saturated carbocycles. The molecule has 5 aromatic carbocycles. The van der Waals surface area contributed by atoms with Crippen LogP contribution in [0.1, 0.15) is 54.6 Å². The number of halogens is 2. The second-order valence-corrected chi connectivity index (χ2v) is 16.0. The number of phenols is 1. The summed E-state index contributed by atoms with van der Waals surface area (Å²) in [6.07, 6.45) is 1.30. The number of carbonyl (C=O) groups excluding carboxylic acids is 2. The highest BCUT2D eigenvalue weighted by molar-refractivity contribution is 7.79. The molecule has 0 aliphatic heterocycles. The summed E-state index contributed by atoms with van der Waals surface area (Å²) in [5.41, 5.74) is 6.45. The predicted octanol–water partition coefficient (Wildman–Crippen LogP) is 10.2. The lowest BCUT2D eigenvalue weighted by molar-refractivity contribution is 0.111. The van der Waals surface area contributed by atoms with Crippen molar-refractivity contribution in [3.63, 3.8) is 0 Å². The molecule has 0 atom stereocenters. The summed E-state index contributed by atoms with van der Waals surface area (Å²) in [7, 11) is -0.446. The fourth-order valence-corrected chi connectivity index (χ4v) is 8.39. The Morgan fingerprint density at radius 1 is 0.552 bits per heavy atom. The average molecular weight is 832 g/mol. The molecule has 2 heterocycles. The maximum absolute atomic E-state index is 11.0. The lowest BCUT2D eigenvalue weighted by Crippen LogP contribution is -2.20. The summed E-state index contributed by atoms with van der Waals surface area (Å²) in [6, 6.07) is 49.3. The number of hydrogen-bond donors (Lipinski definition) is 2. The van der Waals surface area contributed by atoms with Gasteiger partial charge in [-0.2, -0.15) is 0 Å². The molecule has 58 heavy (non-hydrogen) atoms. The van der Waals surface area contributed by atoms with Crippen molar-refractivity contribution in [2.45, 2.75) is 40.9 Å². The van der Waals surface area contributed by atoms with Gasteiger partial charge in [0.1, 0.15) is 18.1 Å². The van der Waals surface area contributed by atoms with Gasteiger partial charge in [0.2, 0.25) is 0 Å². The van der Waals surface area contributed by atoms with E-state index in [9.17, 15) is 9.59 Å². The van der Waals surface area contributed by atoms with Gasteiger partial charge in [0, 0.05) is 32.8 Å². The van der Waals surface area contributed by atoms with E-state index in [-0.39, 0.29) is 17.9 Å². The Kier molecular flexibility index (Phi) is 18.3. The van der Waals surface area contributed by atoms with Crippen molar-refractivity contribution in [3.05, 3.63) is 207 Å². The first kappa shape index (κ1) is 45.0. The van der Waals surface area contributed by atoms with Crippen LogP contribution < -0.4 is 20.7 Å². The summed E-state index contributed by atoms with van der Waals surface area (Å²) in [6.45, 7) is 8.22. The van der Waals surface area contributed by atoms with Gasteiger partial charge in [0.15, 0.2) is 12.6 Å². The van der Waals surface area contributed by atoms with Crippen molar-refractivity contribution in [2.75, 3.05) is 0 Å². The smallest absolute Gasteiger partial charge is 0.153 e. The number of rotatable bonds is 9. The van der Waals surface area contributed by atoms with E-state index >= 15 is 0 Å². The van der Waals surface area contributed by atoms with E-state index in [2.05, 4.69) is 101 Å². The quantitative estimate of drug-likeness (QED) is 0.110. The number of benzene rings is 5. The number of aliphatic hydroxyl groups excluding tert-OH is 1. The Balaban J connectivity index is 0.000000179. The van der Waals surface area contributed by atoms with Gasteiger partial charge in [-0.3, -0.25) is 19.6 Å². The molecule has 0 amide bonds. The zero-order valence-electron chi connectivity index (χ0n) is 32.7. The highest BCUT2D eigenvalue weighted by Crippen LogP contribution is 2.32. The van der Waals surface area contributed by atoms with Crippen LogP contribution in [0.25, 0.3) is 0 Å². The van der Waals surface area contributed by atoms with Crippen molar-refractivity contribution < 1.29 is 24.5 Å². The molecule has 0 spiro atoms. The summed E-state index contributed by atoms with van der Waals surface area (Å²) < 4.78 is 5.66. The van der Waals surface area contributed by atoms with E-state index in [0.29, 0.717) is 34.3 Å². The van der Waals surface area contributed by atoms with Crippen molar-refractivity contribution in [1.29, 1.82) is 0 Å². The van der Waals surface area contributed by atoms with Gasteiger partial charge < -0.3 is 14.9 Å². The van der Waals surface area contributed by atoms with E-state index in [0.717, 1.165) is 40.2 Å². The summed E-state index contributed by atoms with van der Waals surface area (Å²) >= 11 is 11.4. The third-order valence-electron chi connectivity index (χ3n) is 8.12. The van der Waals surface area contributed by atoms with Crippen LogP contribution in [0.3, 0.4) is 0 Å². The number of pyridine rings is 2. The minimum absolute atomic E-state index is 0.0422. The first-order chi connectivity index (χ1) is 28.0. The Morgan fingerprint density at radius 2 is 0.948 bits per heavy atom. The number of aryl methyl sites for hydroxylation is 4. The van der Waals surface area contributed by atoms with Gasteiger partial charge in [-0.05, 0) is 123 Å². The fourth-order valence-electron chi connectivity index (χ4n) is 5.72. The minimum atomic E-state index is -0.446. The molecule has 0 unspecified atom stereocenters. The van der Waals surface area contributed by atoms with Crippen molar-refractivity contribution in [2.24, 2.45) is 0 Å². The third-order valence-corrected chi connectivity index (χ3v) is 11.0. The molecule has 7 rings (SSSR count). The van der Waals surface area contributed by atoms with Gasteiger partial charge in [0.25, 0.3) is 0 Å². The molecule has 0 fully saturated rings. The number of aromatic nitrogens is 2. The molecule has 2 N–H and O–H groups in total. The minimum Gasteiger partial charge on any atom is -0.507 e. The third kappa shape index (κ3) is 14.7. The number of phenolic OH excluding ortho intramolecular Hbond substituents is 1. The molecule has 0 aliphatic rings. The molecule has 0 bridgehead atoms. The maximum Gasteiger partial charge on any atom is 0.153 e. The number of carbonyl (C=O) groups is 2. The Hall–Kier alpha value is -5.69. The number of aliphatic hydroxyl groups is 1. The van der Waals surface area contributed by atoms with Crippen LogP contribution in [0.4, 0.5) is 0 Å². The molecule has 0 aliphatic carbocycles. The van der Waals surface area contributed by atoms with Crippen molar-refractivity contribution in [3.8, 4) is 11.5 Å². The van der Waals surface area contributed by atoms with Crippen LogP contribution in [0.15, 0.2) is 152 Å². The van der Waals surface area contributed by atoms with Crippen molar-refractivity contribution >= 4 is 59.6 Å². The highest BCUT2D eigenvalue weighted by Gasteiger charge is 2.15. The zero-order chi connectivity index (χ0) is 41.9. The van der Waals surface area contributed by atoms with Gasteiger partial charge in [-0.15, -0.1) is 0 Å². The average Bonchev–Trinajstić information content (AvgIpc) is 3.22. The summed E-state index contributed by atoms with van der Waals surface area (Å²) in [5, 5.41) is 22.9. The second-order valence-electron chi connectivity index (χ2n) is 12.9. The van der Waals surface area contributed by atoms with Crippen LogP contribution in [0.2, 0.25) is 10.0 Å². The molecule has 10 heteroatoms. The van der Waals surface area contributed by atoms with Gasteiger partial charge in [0.05, 0.1) is 17.7 Å². The normalized spacial score (nSPS) is 10.1.